The molecule has 584 valence electrons. The molecular weight excluding hydrogens is 1440 g/mol. The first kappa shape index (κ1) is 106. The number of thioether (sulfide) groups is 4. The fourth-order valence-electron chi connectivity index (χ4n) is 9.94. The second-order valence-electron chi connectivity index (χ2n) is 25.1. The number of amides is 3. The molecular formula is C86H130N3O9PS6. The van der Waals surface area contributed by atoms with Gasteiger partial charge in [-0.3, -0.25) is 33.6 Å². The zero-order valence-electron chi connectivity index (χ0n) is 63.5. The average molecular weight is 1570 g/mol. The molecule has 0 saturated carbocycles. The van der Waals surface area contributed by atoms with Crippen LogP contribution in [0.1, 0.15) is 232 Å². The third kappa shape index (κ3) is 49.7. The minimum absolute atomic E-state index is 0. The van der Waals surface area contributed by atoms with E-state index in [1.54, 1.807) is 63.5 Å². The zero-order chi connectivity index (χ0) is 76.8. The Morgan fingerprint density at radius 2 is 1.00 bits per heavy atom. The second-order valence-corrected chi connectivity index (χ2v) is 33.9. The summed E-state index contributed by atoms with van der Waals surface area (Å²) in [4.78, 5) is 98.9. The lowest BCUT2D eigenvalue weighted by Crippen LogP contribution is -2.39. The van der Waals surface area contributed by atoms with E-state index in [2.05, 4.69) is 76.5 Å². The molecule has 0 aliphatic carbocycles. The molecule has 0 spiro atoms. The maximum atomic E-state index is 13.7. The highest BCUT2D eigenvalue weighted by Crippen LogP contribution is 2.45. The van der Waals surface area contributed by atoms with Crippen LogP contribution in [0.2, 0.25) is 0 Å². The van der Waals surface area contributed by atoms with Gasteiger partial charge in [-0.1, -0.05) is 278 Å². The smallest absolute Gasteiger partial charge is 0.303 e. The molecule has 5 rings (SSSR count). The van der Waals surface area contributed by atoms with Gasteiger partial charge in [-0.2, -0.15) is 0 Å². The third-order valence-corrected chi connectivity index (χ3v) is 23.0. The highest BCUT2D eigenvalue weighted by atomic mass is 32.2. The summed E-state index contributed by atoms with van der Waals surface area (Å²) in [5.74, 6) is 2.04. The van der Waals surface area contributed by atoms with E-state index >= 15 is 0 Å². The minimum atomic E-state index is -1.68. The number of ketones is 2. The molecule has 0 aromatic heterocycles. The maximum absolute atomic E-state index is 13.7. The van der Waals surface area contributed by atoms with Crippen molar-refractivity contribution in [2.24, 2.45) is 5.92 Å². The molecule has 3 amide bonds. The standard InChI is InChI=1S/C26H40N2O4S3.C25H25O2P.C14H20S3.C10H16O2.C5H9NO.C3H8.3CH4/c1-4-5-6-12-17-34-26(33)35-22(24(31)27-16-11-10-15-23(29)30)19-21(25(32)28(2)3)18-20-13-8-7-9-14-20;1-16-14-19(4)23(20(5)15-16)25(27)28(21-12-7-6-8-13-21)24(26)22-17(2)10-9-11-18(22)3;1-2-3-4-8-11-16-14(15)17-12-13-9-6-5-7-10-13;1-3-10(12)8-6-4-5-7-9(2)11;1-4-5(7)6(2)3;1-3-2;;;/h7-9,13-14,21-22H,4-6,10-12,15-19H2,1-3H3,(H,27,31)(H,29,30);6-15H,1-5H3;5-7,9-10H,2-4,8,11-12H2,1H3;3H,1,4-8H2,2H3;4H,1H2,2-3H3;3H2,1-2H3;3*1H4. The van der Waals surface area contributed by atoms with Crippen molar-refractivity contribution in [1.82, 2.24) is 15.1 Å². The van der Waals surface area contributed by atoms with Crippen LogP contribution < -0.4 is 10.6 Å². The predicted molar refractivity (Wildman–Crippen MR) is 471 cm³/mol. The van der Waals surface area contributed by atoms with Crippen LogP contribution >= 0.6 is 79.4 Å². The number of aryl methyl sites for hydroxylation is 5. The predicted octanol–water partition coefficient (Wildman–Crippen LogP) is 22.8. The second kappa shape index (κ2) is 65.3. The molecule has 0 fully saturated rings. The zero-order valence-corrected chi connectivity index (χ0v) is 69.3. The molecule has 0 aliphatic heterocycles. The van der Waals surface area contributed by atoms with Gasteiger partial charge in [0.15, 0.2) is 16.8 Å². The topological polar surface area (TPSA) is 175 Å². The van der Waals surface area contributed by atoms with Gasteiger partial charge >= 0.3 is 5.97 Å². The van der Waals surface area contributed by atoms with Crippen molar-refractivity contribution in [3.63, 3.8) is 0 Å². The first-order valence-corrected chi connectivity index (χ1v) is 41.6. The normalized spacial score (nSPS) is 10.8. The Morgan fingerprint density at radius 3 is 1.45 bits per heavy atom. The Hall–Kier alpha value is -5.85. The lowest BCUT2D eigenvalue weighted by atomic mass is 9.93. The van der Waals surface area contributed by atoms with Gasteiger partial charge in [-0.15, -0.1) is 35.3 Å². The number of likely N-dealkylation sites (N-methyl/N-ethyl adjacent to an activating group) is 1. The number of carboxylic acids is 1. The number of benzene rings is 5. The van der Waals surface area contributed by atoms with Gasteiger partial charge in [-0.05, 0) is 155 Å². The Morgan fingerprint density at radius 1 is 0.543 bits per heavy atom. The summed E-state index contributed by atoms with van der Waals surface area (Å²) in [7, 11) is 5.16. The summed E-state index contributed by atoms with van der Waals surface area (Å²) in [5, 5.41) is 12.1. The molecule has 0 aliphatic rings. The van der Waals surface area contributed by atoms with Crippen LogP contribution in [0.5, 0.6) is 0 Å². The van der Waals surface area contributed by atoms with E-state index < -0.39 is 19.1 Å². The lowest BCUT2D eigenvalue weighted by molar-refractivity contribution is -0.137. The van der Waals surface area contributed by atoms with E-state index in [9.17, 15) is 38.4 Å². The number of carbonyl (C=O) groups excluding carboxylic acids is 7. The summed E-state index contributed by atoms with van der Waals surface area (Å²) in [6.07, 6.45) is 19.9. The number of hydrogen-bond donors (Lipinski definition) is 2. The molecule has 3 unspecified atom stereocenters. The number of hydrogen-bond acceptors (Lipinski definition) is 14. The Kier molecular flexibility index (Phi) is 65.6. The number of nitrogens with one attached hydrogen (secondary N) is 1. The van der Waals surface area contributed by atoms with Crippen molar-refractivity contribution in [2.75, 3.05) is 46.2 Å². The summed E-state index contributed by atoms with van der Waals surface area (Å²) >= 11 is 17.6. The highest BCUT2D eigenvalue weighted by Gasteiger charge is 2.34. The molecule has 105 heavy (non-hydrogen) atoms. The summed E-state index contributed by atoms with van der Waals surface area (Å²) in [5.41, 5.74) is 8.44. The number of allylic oxidation sites excluding steroid dienone is 1. The van der Waals surface area contributed by atoms with Gasteiger partial charge in [0.1, 0.15) is 12.8 Å². The Balaban J connectivity index is -0.000000647. The number of carbonyl (C=O) groups is 8. The van der Waals surface area contributed by atoms with E-state index in [1.165, 1.54) is 91.5 Å². The van der Waals surface area contributed by atoms with Crippen molar-refractivity contribution >= 4 is 138 Å². The van der Waals surface area contributed by atoms with Gasteiger partial charge < -0.3 is 25.0 Å². The number of carboxylic acid groups (broad SMARTS) is 1. The van der Waals surface area contributed by atoms with Crippen molar-refractivity contribution in [1.29, 1.82) is 0 Å². The molecule has 0 heterocycles. The highest BCUT2D eigenvalue weighted by molar-refractivity contribution is 8.47. The minimum Gasteiger partial charge on any atom is -0.481 e. The van der Waals surface area contributed by atoms with Gasteiger partial charge in [-0.25, -0.2) is 0 Å². The van der Waals surface area contributed by atoms with Crippen LogP contribution in [0.4, 0.5) is 0 Å². The van der Waals surface area contributed by atoms with Crippen LogP contribution in [-0.4, -0.2) is 120 Å². The molecule has 12 nitrogen and oxygen atoms in total. The fourth-order valence-corrected chi connectivity index (χ4v) is 17.1. The first-order chi connectivity index (χ1) is 48.6. The summed E-state index contributed by atoms with van der Waals surface area (Å²) < 4.78 is 1.81. The van der Waals surface area contributed by atoms with Crippen molar-refractivity contribution in [3.05, 3.63) is 197 Å². The van der Waals surface area contributed by atoms with Crippen molar-refractivity contribution < 1.29 is 43.5 Å². The number of unbranched alkanes of at least 4 members (excludes halogenated alkanes) is 9. The molecule has 5 aromatic carbocycles. The molecule has 5 aromatic rings. The van der Waals surface area contributed by atoms with E-state index in [-0.39, 0.29) is 75.0 Å². The van der Waals surface area contributed by atoms with Crippen molar-refractivity contribution in [2.45, 2.75) is 225 Å². The SMILES string of the molecule is C.C.C.C=CC(=O)CCCCCC(C)=O.C=CC(=O)N(C)C.CCC.CCCCCCSC(=S)SC(CC(Cc1ccccc1)C(=O)N(C)C)C(=O)NCCCCC(=O)O.CCCCCCSC(=S)SCc1ccccc1.Cc1cc(C)c(C(=O)P(C(=O)c2c(C)cccc2C)c2ccccc2)c(C)c1. The molecule has 0 saturated heterocycles. The van der Waals surface area contributed by atoms with Crippen LogP contribution in [-0.2, 0) is 40.9 Å². The molecule has 2 N–H and O–H groups in total. The number of aliphatic carboxylic acids is 1. The van der Waals surface area contributed by atoms with E-state index in [4.69, 9.17) is 29.5 Å². The number of thiocarbonyl (C=S) groups is 2. The molecule has 0 radical (unpaired) electrons. The number of nitrogens with zero attached hydrogens (tertiary/aromatic N) is 2. The monoisotopic (exact) mass is 1570 g/mol. The van der Waals surface area contributed by atoms with Crippen LogP contribution in [0.3, 0.4) is 0 Å². The third-order valence-electron chi connectivity index (χ3n) is 15.2. The molecule has 19 heteroatoms. The van der Waals surface area contributed by atoms with Crippen LogP contribution in [0.15, 0.2) is 147 Å². The van der Waals surface area contributed by atoms with Gasteiger partial charge in [0, 0.05) is 76.8 Å². The maximum Gasteiger partial charge on any atom is 0.303 e. The molecule has 0 bridgehead atoms. The molecule has 3 atom stereocenters. The number of Topliss-reactive ketones (excluding diaryl/α,β-unsaturated/α-hetero) is 1. The quantitative estimate of drug-likeness (QED) is 0.0166. The van der Waals surface area contributed by atoms with Crippen LogP contribution in [0, 0.1) is 40.5 Å². The number of rotatable bonds is 37. The van der Waals surface area contributed by atoms with Crippen molar-refractivity contribution in [3.8, 4) is 0 Å². The van der Waals surface area contributed by atoms with Gasteiger partial charge in [0.05, 0.1) is 13.2 Å². The van der Waals surface area contributed by atoms with E-state index in [0.29, 0.717) is 56.2 Å². The summed E-state index contributed by atoms with van der Waals surface area (Å²) in [6.45, 7) is 27.2. The Bertz CT molecular complexity index is 3270. The van der Waals surface area contributed by atoms with E-state index in [1.807, 2.05) is 137 Å². The summed E-state index contributed by atoms with van der Waals surface area (Å²) in [6, 6.07) is 39.7. The van der Waals surface area contributed by atoms with E-state index in [0.717, 1.165) is 82.9 Å². The average Bonchev–Trinajstić information content (AvgIpc) is 0.782. The van der Waals surface area contributed by atoms with Gasteiger partial charge in [0.25, 0.3) is 0 Å². The lowest BCUT2D eigenvalue weighted by Gasteiger charge is -2.25. The Labute approximate surface area is 665 Å². The largest absolute Gasteiger partial charge is 0.481 e. The first-order valence-electron chi connectivity index (χ1n) is 35.6. The van der Waals surface area contributed by atoms with Crippen LogP contribution in [0.25, 0.3) is 0 Å². The fraction of sp³-hybridized carbons (Fsp3) is 0.488. The van der Waals surface area contributed by atoms with Gasteiger partial charge in [0.2, 0.25) is 17.7 Å².